The van der Waals surface area contributed by atoms with Crippen molar-refractivity contribution in [3.63, 3.8) is 0 Å². The van der Waals surface area contributed by atoms with Gasteiger partial charge in [-0.2, -0.15) is 0 Å². The Morgan fingerprint density at radius 1 is 0.900 bits per heavy atom. The van der Waals surface area contributed by atoms with E-state index in [9.17, 15) is 14.4 Å². The third kappa shape index (κ3) is 4.41. The summed E-state index contributed by atoms with van der Waals surface area (Å²) in [6.07, 6.45) is 13.6. The summed E-state index contributed by atoms with van der Waals surface area (Å²) < 4.78 is 5.13. The van der Waals surface area contributed by atoms with Crippen molar-refractivity contribution < 1.29 is 19.1 Å². The van der Waals surface area contributed by atoms with Crippen LogP contribution in [-0.2, 0) is 19.1 Å². The zero-order chi connectivity index (χ0) is 29.5. The van der Waals surface area contributed by atoms with E-state index in [-0.39, 0.29) is 33.5 Å². The monoisotopic (exact) mass is 550 g/mol. The number of allylic oxidation sites excluding steroid dienone is 3. The third-order valence-electron chi connectivity index (χ3n) is 13.7. The van der Waals surface area contributed by atoms with Crippen molar-refractivity contribution in [3.8, 4) is 0 Å². The predicted octanol–water partition coefficient (Wildman–Crippen LogP) is 8.64. The van der Waals surface area contributed by atoms with Crippen LogP contribution < -0.4 is 0 Å². The zero-order valence-corrected chi connectivity index (χ0v) is 26.6. The Morgan fingerprint density at radius 2 is 1.57 bits per heavy atom. The van der Waals surface area contributed by atoms with Crippen LogP contribution >= 0.6 is 0 Å². The van der Waals surface area contributed by atoms with Crippen LogP contribution in [-0.4, -0.2) is 17.7 Å². The van der Waals surface area contributed by atoms with E-state index in [1.54, 1.807) is 0 Å². The lowest BCUT2D eigenvalue weighted by Crippen LogP contribution is -2.63. The fourth-order valence-corrected chi connectivity index (χ4v) is 11.4. The summed E-state index contributed by atoms with van der Waals surface area (Å²) in [4.78, 5) is 39.1. The van der Waals surface area contributed by atoms with Crippen LogP contribution in [0.1, 0.15) is 126 Å². The number of hydrogen-bond acceptors (Lipinski definition) is 4. The first kappa shape index (κ1) is 29.8. The van der Waals surface area contributed by atoms with E-state index < -0.39 is 17.4 Å². The Labute approximate surface area is 243 Å². The standard InChI is InChI=1S/C36H54O4/c1-22(2)10-11-24-12-16-36(9)29(32(24,4)5)14-17-35(8)26-13-15-33(6)18-19-34(7,31(39)40-23(3)37)21-27(33)25(26)20-28(38)30(35)36/h20,24,26-27,29-30H,1,10-19,21H2,2-9H3/t24-,26?,27-,29-,30-,33-,34-,35-,36-/m0/s1. The third-order valence-corrected chi connectivity index (χ3v) is 13.7. The Morgan fingerprint density at radius 3 is 2.23 bits per heavy atom. The molecule has 4 fully saturated rings. The van der Waals surface area contributed by atoms with Gasteiger partial charge in [0.25, 0.3) is 0 Å². The highest BCUT2D eigenvalue weighted by Crippen LogP contribution is 2.72. The Hall–Kier alpha value is -1.71. The SMILES string of the molecule is C=C(C)CC[C@H]1CC[C@]2(C)[C@H]3C(=O)C=C4C(CC[C@@]5(C)CC[C@](C)(C(=O)OC(C)=O)C[C@@H]45)[C@]3(C)CC[C@H]2C1(C)C. The molecular formula is C36H54O4. The summed E-state index contributed by atoms with van der Waals surface area (Å²) in [6, 6.07) is 0. The zero-order valence-electron chi connectivity index (χ0n) is 26.6. The van der Waals surface area contributed by atoms with E-state index in [1.165, 1.54) is 37.3 Å². The van der Waals surface area contributed by atoms with Crippen molar-refractivity contribution in [2.24, 2.45) is 56.7 Å². The molecular weight excluding hydrogens is 496 g/mol. The lowest BCUT2D eigenvalue weighted by molar-refractivity contribution is -0.179. The van der Waals surface area contributed by atoms with Gasteiger partial charge in [-0.3, -0.25) is 14.4 Å². The van der Waals surface area contributed by atoms with Crippen molar-refractivity contribution >= 4 is 17.7 Å². The average molecular weight is 551 g/mol. The van der Waals surface area contributed by atoms with E-state index in [4.69, 9.17) is 4.74 Å². The summed E-state index contributed by atoms with van der Waals surface area (Å²) in [5, 5.41) is 0. The van der Waals surface area contributed by atoms with Crippen LogP contribution in [0.5, 0.6) is 0 Å². The second kappa shape index (κ2) is 9.66. The molecule has 5 aliphatic rings. The van der Waals surface area contributed by atoms with Gasteiger partial charge < -0.3 is 4.74 Å². The first-order valence-corrected chi connectivity index (χ1v) is 16.1. The van der Waals surface area contributed by atoms with E-state index in [0.29, 0.717) is 30.0 Å². The highest BCUT2D eigenvalue weighted by Gasteiger charge is 2.67. The smallest absolute Gasteiger partial charge is 0.319 e. The molecule has 0 aromatic carbocycles. The van der Waals surface area contributed by atoms with Crippen molar-refractivity contribution in [1.82, 2.24) is 0 Å². The van der Waals surface area contributed by atoms with Crippen molar-refractivity contribution in [1.29, 1.82) is 0 Å². The van der Waals surface area contributed by atoms with Crippen molar-refractivity contribution in [2.75, 3.05) is 0 Å². The van der Waals surface area contributed by atoms with Gasteiger partial charge in [-0.25, -0.2) is 0 Å². The number of carbonyl (C=O) groups excluding carboxylic acids is 3. The van der Waals surface area contributed by atoms with Crippen molar-refractivity contribution in [2.45, 2.75) is 126 Å². The van der Waals surface area contributed by atoms with E-state index in [2.05, 4.69) is 54.2 Å². The number of ketones is 1. The molecule has 0 saturated heterocycles. The second-order valence-electron chi connectivity index (χ2n) is 16.6. The van der Waals surface area contributed by atoms with Gasteiger partial charge in [0.2, 0.25) is 0 Å². The molecule has 222 valence electrons. The molecule has 0 amide bonds. The summed E-state index contributed by atoms with van der Waals surface area (Å²) in [5.41, 5.74) is 2.18. The first-order valence-electron chi connectivity index (χ1n) is 16.1. The highest BCUT2D eigenvalue weighted by molar-refractivity contribution is 5.95. The molecule has 0 spiro atoms. The molecule has 0 heterocycles. The van der Waals surface area contributed by atoms with Crippen molar-refractivity contribution in [3.05, 3.63) is 23.8 Å². The fourth-order valence-electron chi connectivity index (χ4n) is 11.4. The number of esters is 2. The van der Waals surface area contributed by atoms with Gasteiger partial charge in [0.05, 0.1) is 5.41 Å². The van der Waals surface area contributed by atoms with Crippen LogP contribution in [0.3, 0.4) is 0 Å². The molecule has 9 atom stereocenters. The highest BCUT2D eigenvalue weighted by atomic mass is 16.6. The minimum Gasteiger partial charge on any atom is -0.393 e. The minimum absolute atomic E-state index is 0.0163. The minimum atomic E-state index is -0.685. The fraction of sp³-hybridized carbons (Fsp3) is 0.806. The summed E-state index contributed by atoms with van der Waals surface area (Å²) in [7, 11) is 0. The number of carbonyl (C=O) groups is 3. The molecule has 0 radical (unpaired) electrons. The van der Waals surface area contributed by atoms with Crippen LogP contribution in [0.2, 0.25) is 0 Å². The van der Waals surface area contributed by atoms with E-state index >= 15 is 0 Å². The lowest BCUT2D eigenvalue weighted by atomic mass is 9.36. The Balaban J connectivity index is 1.48. The van der Waals surface area contributed by atoms with Gasteiger partial charge in [0.15, 0.2) is 5.78 Å². The Kier molecular flexibility index (Phi) is 7.19. The normalized spacial score (nSPS) is 45.6. The van der Waals surface area contributed by atoms with Gasteiger partial charge in [-0.1, -0.05) is 45.8 Å². The molecule has 0 N–H and O–H groups in total. The molecule has 4 nitrogen and oxygen atoms in total. The average Bonchev–Trinajstić information content (AvgIpc) is 2.83. The van der Waals surface area contributed by atoms with Gasteiger partial charge in [0.1, 0.15) is 0 Å². The van der Waals surface area contributed by atoms with Gasteiger partial charge in [-0.15, -0.1) is 6.58 Å². The quantitative estimate of drug-likeness (QED) is 0.200. The molecule has 0 aromatic rings. The van der Waals surface area contributed by atoms with Gasteiger partial charge in [-0.05, 0) is 136 Å². The topological polar surface area (TPSA) is 60.4 Å². The molecule has 0 bridgehead atoms. The van der Waals surface area contributed by atoms with Crippen LogP contribution in [0.15, 0.2) is 23.8 Å². The van der Waals surface area contributed by atoms with E-state index in [1.807, 2.05) is 6.92 Å². The van der Waals surface area contributed by atoms with Crippen LogP contribution in [0.25, 0.3) is 0 Å². The second-order valence-corrected chi connectivity index (χ2v) is 16.6. The lowest BCUT2D eigenvalue weighted by Gasteiger charge is -2.67. The molecule has 4 heteroatoms. The molecule has 0 aliphatic heterocycles. The maximum atomic E-state index is 14.5. The summed E-state index contributed by atoms with van der Waals surface area (Å²) in [6.45, 7) is 21.9. The van der Waals surface area contributed by atoms with E-state index in [0.717, 1.165) is 44.9 Å². The number of rotatable bonds is 4. The molecule has 1 unspecified atom stereocenters. The first-order chi connectivity index (χ1) is 18.5. The number of hydrogen-bond donors (Lipinski definition) is 0. The maximum Gasteiger partial charge on any atom is 0.319 e. The van der Waals surface area contributed by atoms with Crippen LogP contribution in [0, 0.1) is 56.7 Å². The predicted molar refractivity (Wildman–Crippen MR) is 159 cm³/mol. The molecule has 5 rings (SSSR count). The molecule has 0 aromatic heterocycles. The summed E-state index contributed by atoms with van der Waals surface area (Å²) >= 11 is 0. The van der Waals surface area contributed by atoms with Gasteiger partial charge in [0, 0.05) is 12.8 Å². The largest absolute Gasteiger partial charge is 0.393 e. The summed E-state index contributed by atoms with van der Waals surface area (Å²) in [5.74, 6) is 1.29. The molecule has 4 saturated carbocycles. The Bertz CT molecular complexity index is 1150. The van der Waals surface area contributed by atoms with Gasteiger partial charge >= 0.3 is 11.9 Å². The number of ether oxygens (including phenoxy) is 1. The van der Waals surface area contributed by atoms with Crippen LogP contribution in [0.4, 0.5) is 0 Å². The number of fused-ring (bicyclic) bond motifs is 7. The molecule has 5 aliphatic carbocycles. The maximum absolute atomic E-state index is 14.5. The molecule has 40 heavy (non-hydrogen) atoms.